The van der Waals surface area contributed by atoms with Gasteiger partial charge in [0.25, 0.3) is 5.91 Å². The van der Waals surface area contributed by atoms with Crippen LogP contribution in [0.4, 0.5) is 0 Å². The first kappa shape index (κ1) is 13.1. The minimum atomic E-state index is -2.97. The molecule has 1 amide bonds. The van der Waals surface area contributed by atoms with E-state index in [1.807, 2.05) is 18.2 Å². The van der Waals surface area contributed by atoms with Crippen molar-refractivity contribution < 1.29 is 13.2 Å². The highest BCUT2D eigenvalue weighted by Gasteiger charge is 2.25. The largest absolute Gasteiger partial charge is 0.337 e. The van der Waals surface area contributed by atoms with Crippen molar-refractivity contribution in [1.29, 1.82) is 0 Å². The van der Waals surface area contributed by atoms with Gasteiger partial charge in [0, 0.05) is 30.2 Å². The number of amides is 1. The molecule has 3 rings (SSSR count). The number of hydrogen-bond donors (Lipinski definition) is 0. The quantitative estimate of drug-likeness (QED) is 0.789. The van der Waals surface area contributed by atoms with Crippen molar-refractivity contribution in [3.05, 3.63) is 42.1 Å². The average Bonchev–Trinajstić information content (AvgIpc) is 2.46. The Morgan fingerprint density at radius 3 is 2.65 bits per heavy atom. The maximum absolute atomic E-state index is 12.4. The lowest BCUT2D eigenvalue weighted by Gasteiger charge is -2.26. The van der Waals surface area contributed by atoms with Gasteiger partial charge in [-0.3, -0.25) is 9.78 Å². The van der Waals surface area contributed by atoms with E-state index in [0.29, 0.717) is 5.56 Å². The van der Waals surface area contributed by atoms with E-state index in [1.54, 1.807) is 23.2 Å². The fraction of sp³-hybridized carbons (Fsp3) is 0.286. The highest BCUT2D eigenvalue weighted by atomic mass is 32.2. The zero-order valence-corrected chi connectivity index (χ0v) is 11.6. The number of hydrogen-bond acceptors (Lipinski definition) is 4. The highest BCUT2D eigenvalue weighted by molar-refractivity contribution is 7.91. The van der Waals surface area contributed by atoms with Gasteiger partial charge in [-0.15, -0.1) is 0 Å². The van der Waals surface area contributed by atoms with E-state index in [2.05, 4.69) is 4.98 Å². The highest BCUT2D eigenvalue weighted by Crippen LogP contribution is 2.16. The lowest BCUT2D eigenvalue weighted by molar-refractivity contribution is 0.0770. The standard InChI is InChI=1S/C14H14N2O3S/c17-14(16-6-8-20(18,19)9-7-16)12-3-4-13-11(10-12)2-1-5-15-13/h1-5,10H,6-9H2. The SMILES string of the molecule is O=C(c1ccc2ncccc2c1)N1CCS(=O)(=O)CC1. The van der Waals surface area contributed by atoms with Crippen LogP contribution in [-0.4, -0.2) is 48.8 Å². The van der Waals surface area contributed by atoms with Crippen LogP contribution < -0.4 is 0 Å². The number of fused-ring (bicyclic) bond motifs is 1. The second-order valence-electron chi connectivity index (χ2n) is 4.85. The minimum Gasteiger partial charge on any atom is -0.337 e. The molecular formula is C14H14N2O3S. The van der Waals surface area contributed by atoms with Crippen molar-refractivity contribution >= 4 is 26.6 Å². The summed E-state index contributed by atoms with van der Waals surface area (Å²) in [5.74, 6) is -0.0208. The topological polar surface area (TPSA) is 67.3 Å². The fourth-order valence-corrected chi connectivity index (χ4v) is 3.51. The molecule has 0 atom stereocenters. The molecular weight excluding hydrogens is 276 g/mol. The van der Waals surface area contributed by atoms with E-state index in [1.165, 1.54) is 0 Å². The lowest BCUT2D eigenvalue weighted by atomic mass is 10.1. The van der Waals surface area contributed by atoms with Crippen LogP contribution >= 0.6 is 0 Å². The normalized spacial score (nSPS) is 18.1. The van der Waals surface area contributed by atoms with Gasteiger partial charge in [-0.1, -0.05) is 6.07 Å². The van der Waals surface area contributed by atoms with Crippen LogP contribution in [0.1, 0.15) is 10.4 Å². The summed E-state index contributed by atoms with van der Waals surface area (Å²) in [4.78, 5) is 18.2. The molecule has 1 aromatic heterocycles. The van der Waals surface area contributed by atoms with Gasteiger partial charge >= 0.3 is 0 Å². The van der Waals surface area contributed by atoms with Crippen LogP contribution in [0.2, 0.25) is 0 Å². The van der Waals surface area contributed by atoms with E-state index in [0.717, 1.165) is 10.9 Å². The molecule has 0 aliphatic carbocycles. The smallest absolute Gasteiger partial charge is 0.253 e. The Morgan fingerprint density at radius 2 is 1.90 bits per heavy atom. The van der Waals surface area contributed by atoms with Crippen molar-refractivity contribution in [2.45, 2.75) is 0 Å². The molecule has 0 N–H and O–H groups in total. The number of sulfone groups is 1. The Morgan fingerprint density at radius 1 is 1.15 bits per heavy atom. The average molecular weight is 290 g/mol. The van der Waals surface area contributed by atoms with Crippen molar-refractivity contribution in [1.82, 2.24) is 9.88 Å². The molecule has 0 spiro atoms. The van der Waals surface area contributed by atoms with E-state index in [9.17, 15) is 13.2 Å². The molecule has 2 heterocycles. The Labute approximate surface area is 117 Å². The summed E-state index contributed by atoms with van der Waals surface area (Å²) in [5.41, 5.74) is 1.41. The van der Waals surface area contributed by atoms with Crippen LogP contribution in [0, 0.1) is 0 Å². The summed E-state index contributed by atoms with van der Waals surface area (Å²) < 4.78 is 22.8. The zero-order valence-electron chi connectivity index (χ0n) is 10.8. The first-order valence-electron chi connectivity index (χ1n) is 6.40. The number of benzene rings is 1. The predicted molar refractivity (Wildman–Crippen MR) is 76.3 cm³/mol. The summed E-state index contributed by atoms with van der Waals surface area (Å²) in [7, 11) is -2.97. The van der Waals surface area contributed by atoms with Gasteiger partial charge in [0.1, 0.15) is 0 Å². The molecule has 0 unspecified atom stereocenters. The Hall–Kier alpha value is -1.95. The number of carbonyl (C=O) groups excluding carboxylic acids is 1. The first-order chi connectivity index (χ1) is 9.55. The van der Waals surface area contributed by atoms with Gasteiger partial charge in [0.05, 0.1) is 17.0 Å². The van der Waals surface area contributed by atoms with Crippen molar-refractivity contribution in [3.8, 4) is 0 Å². The number of carbonyl (C=O) groups is 1. The van der Waals surface area contributed by atoms with Gasteiger partial charge in [-0.2, -0.15) is 0 Å². The van der Waals surface area contributed by atoms with Crippen molar-refractivity contribution in [2.24, 2.45) is 0 Å². The Kier molecular flexibility index (Phi) is 3.17. The van der Waals surface area contributed by atoms with Gasteiger partial charge in [-0.05, 0) is 24.3 Å². The number of aromatic nitrogens is 1. The van der Waals surface area contributed by atoms with Gasteiger partial charge in [0.2, 0.25) is 0 Å². The molecule has 104 valence electrons. The molecule has 20 heavy (non-hydrogen) atoms. The maximum atomic E-state index is 12.4. The van der Waals surface area contributed by atoms with Crippen LogP contribution in [0.15, 0.2) is 36.5 Å². The van der Waals surface area contributed by atoms with Crippen LogP contribution in [0.25, 0.3) is 10.9 Å². The van der Waals surface area contributed by atoms with Gasteiger partial charge in [-0.25, -0.2) is 8.42 Å². The van der Waals surface area contributed by atoms with Crippen LogP contribution in [-0.2, 0) is 9.84 Å². The third-order valence-electron chi connectivity index (χ3n) is 3.48. The summed E-state index contributed by atoms with van der Waals surface area (Å²) in [6.07, 6.45) is 1.71. The third-order valence-corrected chi connectivity index (χ3v) is 5.09. The zero-order chi connectivity index (χ0) is 14.2. The molecule has 0 radical (unpaired) electrons. The van der Waals surface area contributed by atoms with Gasteiger partial charge < -0.3 is 4.90 Å². The molecule has 1 fully saturated rings. The number of nitrogens with zero attached hydrogens (tertiary/aromatic N) is 2. The van der Waals surface area contributed by atoms with E-state index in [-0.39, 0.29) is 30.5 Å². The summed E-state index contributed by atoms with van der Waals surface area (Å²) >= 11 is 0. The Balaban J connectivity index is 1.86. The molecule has 1 saturated heterocycles. The molecule has 1 aliphatic rings. The predicted octanol–water partition coefficient (Wildman–Crippen LogP) is 1.11. The molecule has 0 saturated carbocycles. The van der Waals surface area contributed by atoms with E-state index < -0.39 is 9.84 Å². The molecule has 1 aromatic carbocycles. The summed E-state index contributed by atoms with van der Waals surface area (Å²) in [5, 5.41) is 0.906. The molecule has 6 heteroatoms. The van der Waals surface area contributed by atoms with E-state index >= 15 is 0 Å². The molecule has 2 aromatic rings. The fourth-order valence-electron chi connectivity index (χ4n) is 2.31. The van der Waals surface area contributed by atoms with Crippen molar-refractivity contribution in [3.63, 3.8) is 0 Å². The Bertz CT molecular complexity index is 757. The molecule has 0 bridgehead atoms. The molecule has 1 aliphatic heterocycles. The first-order valence-corrected chi connectivity index (χ1v) is 8.22. The van der Waals surface area contributed by atoms with Crippen LogP contribution in [0.5, 0.6) is 0 Å². The second-order valence-corrected chi connectivity index (χ2v) is 7.16. The third kappa shape index (κ3) is 2.51. The van der Waals surface area contributed by atoms with Crippen LogP contribution in [0.3, 0.4) is 0 Å². The lowest BCUT2D eigenvalue weighted by Crippen LogP contribution is -2.43. The number of rotatable bonds is 1. The summed E-state index contributed by atoms with van der Waals surface area (Å²) in [6, 6.07) is 9.07. The van der Waals surface area contributed by atoms with Crippen molar-refractivity contribution in [2.75, 3.05) is 24.6 Å². The maximum Gasteiger partial charge on any atom is 0.253 e. The monoisotopic (exact) mass is 290 g/mol. The van der Waals surface area contributed by atoms with Gasteiger partial charge in [0.15, 0.2) is 9.84 Å². The minimum absolute atomic E-state index is 0.0495. The van der Waals surface area contributed by atoms with E-state index in [4.69, 9.17) is 0 Å². The molecule has 5 nitrogen and oxygen atoms in total. The second kappa shape index (κ2) is 4.86. The number of pyridine rings is 1. The summed E-state index contributed by atoms with van der Waals surface area (Å²) in [6.45, 7) is 0.540.